The van der Waals surface area contributed by atoms with Crippen LogP contribution in [-0.2, 0) is 6.61 Å². The van der Waals surface area contributed by atoms with Gasteiger partial charge < -0.3 is 0 Å². The van der Waals surface area contributed by atoms with Gasteiger partial charge in [0, 0.05) is 0 Å². The van der Waals surface area contributed by atoms with Crippen molar-refractivity contribution in [2.45, 2.75) is 6.61 Å². The van der Waals surface area contributed by atoms with Crippen LogP contribution in [0, 0.1) is 0 Å². The number of halogens is 2. The first-order valence-electron chi connectivity index (χ1n) is 5.08. The molecule has 0 N–H and O–H groups in total. The molecule has 2 rings (SSSR count). The van der Waals surface area contributed by atoms with E-state index in [0.29, 0.717) is 6.61 Å². The third-order valence-corrected chi connectivity index (χ3v) is 3.96. The van der Waals surface area contributed by atoms with Gasteiger partial charge in [-0.3, -0.25) is 0 Å². The molecule has 0 aliphatic rings. The first-order chi connectivity index (χ1) is 8.38. The van der Waals surface area contributed by atoms with Crippen molar-refractivity contribution in [2.24, 2.45) is 0 Å². The van der Waals surface area contributed by atoms with Crippen LogP contribution in [0.4, 0.5) is 0 Å². The summed E-state index contributed by atoms with van der Waals surface area (Å²) in [5.74, 6) is 1.73. The topological polar surface area (TPSA) is 18.5 Å². The summed E-state index contributed by atoms with van der Waals surface area (Å²) in [6.07, 6.45) is 0. The van der Waals surface area contributed by atoms with E-state index >= 15 is 0 Å². The Kier molecular flexibility index (Phi) is 5.37. The van der Waals surface area contributed by atoms with E-state index in [1.165, 1.54) is 5.56 Å². The Morgan fingerprint density at radius 3 is 2.47 bits per heavy atom. The number of rotatable bonds is 5. The van der Waals surface area contributed by atoms with Gasteiger partial charge in [-0.2, -0.15) is 0 Å². The molecule has 0 aliphatic carbocycles. The zero-order valence-electron chi connectivity index (χ0n) is 8.98. The predicted molar refractivity (Wildman–Crippen MR) is 71.9 cm³/mol. The number of ether oxygens (including phenoxy) is 1. The third kappa shape index (κ3) is 4.34. The van der Waals surface area contributed by atoms with E-state index in [1.807, 2.05) is 42.5 Å². The van der Waals surface area contributed by atoms with Crippen LogP contribution < -0.4 is 25.4 Å². The Morgan fingerprint density at radius 1 is 0.941 bits per heavy atom. The van der Waals surface area contributed by atoms with E-state index in [9.17, 15) is 0 Å². The van der Waals surface area contributed by atoms with Crippen molar-refractivity contribution in [3.8, 4) is 11.5 Å². The normalized spacial score (nSPS) is 10.2. The molecule has 0 bridgehead atoms. The monoisotopic (exact) mass is 453 g/mol. The van der Waals surface area contributed by atoms with Crippen molar-refractivity contribution in [2.75, 3.05) is 0 Å². The van der Waals surface area contributed by atoms with Crippen molar-refractivity contribution in [1.29, 1.82) is 0 Å². The van der Waals surface area contributed by atoms with Gasteiger partial charge in [-0.1, -0.05) is 0 Å². The van der Waals surface area contributed by atoms with Crippen LogP contribution in [0.1, 0.15) is 5.56 Å². The van der Waals surface area contributed by atoms with Gasteiger partial charge in [0.1, 0.15) is 0 Å². The van der Waals surface area contributed by atoms with Gasteiger partial charge in [0.05, 0.1) is 0 Å². The second-order valence-electron chi connectivity index (χ2n) is 3.38. The first-order valence-corrected chi connectivity index (χ1v) is 12.2. The van der Waals surface area contributed by atoms with Gasteiger partial charge in [0.25, 0.3) is 0 Å². The van der Waals surface area contributed by atoms with Crippen LogP contribution >= 0.6 is 18.6 Å². The van der Waals surface area contributed by atoms with Crippen molar-refractivity contribution in [3.05, 3.63) is 60.2 Å². The van der Waals surface area contributed by atoms with E-state index < -0.39 is 0 Å². The number of hydrogen-bond acceptors (Lipinski definition) is 2. The van der Waals surface area contributed by atoms with Gasteiger partial charge >= 0.3 is 122 Å². The van der Waals surface area contributed by atoms with Crippen LogP contribution in [0.15, 0.2) is 54.6 Å². The van der Waals surface area contributed by atoms with E-state index in [0.717, 1.165) is 11.5 Å². The Bertz CT molecular complexity index is 460. The van der Waals surface area contributed by atoms with Gasteiger partial charge in [-0.15, -0.1) is 0 Å². The minimum absolute atomic E-state index is 0.224. The molecule has 4 heteroatoms. The summed E-state index contributed by atoms with van der Waals surface area (Å²) in [6.45, 7) is 0.587. The quantitative estimate of drug-likeness (QED) is 0.630. The second-order valence-corrected chi connectivity index (χ2v) is 6.39. The zero-order valence-corrected chi connectivity index (χ0v) is 13.3. The second kappa shape index (κ2) is 7.05. The van der Waals surface area contributed by atoms with Crippen LogP contribution in [-0.4, -0.2) is 0 Å². The van der Waals surface area contributed by atoms with Crippen molar-refractivity contribution in [3.63, 3.8) is 0 Å². The molecule has 90 valence electrons. The molecule has 0 amide bonds. The number of benzene rings is 2. The summed E-state index contributed by atoms with van der Waals surface area (Å²) in [5.41, 5.74) is 1.17. The van der Waals surface area contributed by atoms with Crippen LogP contribution in [0.3, 0.4) is 0 Å². The van der Waals surface area contributed by atoms with Gasteiger partial charge in [0.15, 0.2) is 0 Å². The Balaban J connectivity index is 1.97. The Morgan fingerprint density at radius 2 is 1.71 bits per heavy atom. The van der Waals surface area contributed by atoms with Gasteiger partial charge in [0.2, 0.25) is 0 Å². The third-order valence-electron chi connectivity index (χ3n) is 2.17. The molecular weight excluding hydrogens is 442 g/mol. The molecule has 0 radical (unpaired) electrons. The van der Waals surface area contributed by atoms with Gasteiger partial charge in [-0.25, -0.2) is 0 Å². The minimum atomic E-state index is -0.224. The zero-order chi connectivity index (χ0) is 11.9. The van der Waals surface area contributed by atoms with E-state index in [4.69, 9.17) is 7.80 Å². The summed E-state index contributed by atoms with van der Waals surface area (Å²) >= 11 is 2.06. The summed E-state index contributed by atoms with van der Waals surface area (Å²) in [5, 5.41) is 0. The van der Waals surface area contributed by atoms with Crippen molar-refractivity contribution < 1.29 is 25.4 Å². The van der Waals surface area contributed by atoms with E-state index in [2.05, 4.69) is 30.7 Å². The summed E-state index contributed by atoms with van der Waals surface area (Å²) in [6, 6.07) is 17.9. The SMILES string of the molecule is I[I-]Oc1cccc(OCc2ccccc2)c1. The molecule has 2 aromatic carbocycles. The molecule has 0 atom stereocenters. The maximum absolute atomic E-state index is 5.71. The first kappa shape index (κ1) is 12.9. The molecule has 2 aromatic rings. The summed E-state index contributed by atoms with van der Waals surface area (Å²) in [7, 11) is 0. The average molecular weight is 453 g/mol. The predicted octanol–water partition coefficient (Wildman–Crippen LogP) is 0.998. The molecular formula is C13H11I2O2-. The fraction of sp³-hybridized carbons (Fsp3) is 0.0769. The molecule has 0 spiro atoms. The van der Waals surface area contributed by atoms with E-state index in [1.54, 1.807) is 0 Å². The molecule has 0 heterocycles. The molecule has 0 aliphatic heterocycles. The van der Waals surface area contributed by atoms with Crippen molar-refractivity contribution >= 4 is 18.6 Å². The molecule has 0 aromatic heterocycles. The van der Waals surface area contributed by atoms with Gasteiger partial charge in [-0.05, 0) is 0 Å². The van der Waals surface area contributed by atoms with Crippen LogP contribution in [0.5, 0.6) is 11.5 Å². The fourth-order valence-corrected chi connectivity index (χ4v) is 3.14. The van der Waals surface area contributed by atoms with Crippen molar-refractivity contribution in [1.82, 2.24) is 0 Å². The Hall–Kier alpha value is -0.500. The fourth-order valence-electron chi connectivity index (χ4n) is 1.39. The standard InChI is InChI=1S/C13H11I2O2/c14-15-17-13-8-4-7-12(9-13)16-10-11-5-2-1-3-6-11/h1-9H,10H2/q-1. The molecule has 17 heavy (non-hydrogen) atoms. The molecule has 0 fully saturated rings. The molecule has 0 saturated heterocycles. The van der Waals surface area contributed by atoms with Crippen LogP contribution in [0.25, 0.3) is 0 Å². The number of hydrogen-bond donors (Lipinski definition) is 0. The summed E-state index contributed by atoms with van der Waals surface area (Å²) < 4.78 is 11.2. The Labute approximate surface area is 121 Å². The van der Waals surface area contributed by atoms with E-state index in [-0.39, 0.29) is 17.6 Å². The summed E-state index contributed by atoms with van der Waals surface area (Å²) in [4.78, 5) is 0. The molecule has 0 unspecified atom stereocenters. The maximum atomic E-state index is 5.71. The average Bonchev–Trinajstić information content (AvgIpc) is 2.39. The molecule has 0 saturated carbocycles. The molecule has 2 nitrogen and oxygen atoms in total. The van der Waals surface area contributed by atoms with Crippen LogP contribution in [0.2, 0.25) is 0 Å².